The van der Waals surface area contributed by atoms with Crippen molar-refractivity contribution >= 4 is 0 Å². The van der Waals surface area contributed by atoms with Crippen molar-refractivity contribution in [3.05, 3.63) is 59.2 Å². The van der Waals surface area contributed by atoms with E-state index >= 15 is 0 Å². The maximum Gasteiger partial charge on any atom is 0.0766 e. The SMILES string of the molecule is Cc1ccc(-c2ccc(C(C)(C)C#N)cc2)cc1C. The van der Waals surface area contributed by atoms with Crippen molar-refractivity contribution in [2.45, 2.75) is 33.1 Å². The number of hydrogen-bond donors (Lipinski definition) is 0. The summed E-state index contributed by atoms with van der Waals surface area (Å²) in [7, 11) is 0. The van der Waals surface area contributed by atoms with Crippen molar-refractivity contribution in [3.63, 3.8) is 0 Å². The largest absolute Gasteiger partial charge is 0.197 e. The third-order valence-corrected chi connectivity index (χ3v) is 3.73. The van der Waals surface area contributed by atoms with Crippen molar-refractivity contribution in [2.24, 2.45) is 0 Å². The van der Waals surface area contributed by atoms with Gasteiger partial charge in [0.1, 0.15) is 0 Å². The Balaban J connectivity index is 2.38. The molecule has 0 fully saturated rings. The van der Waals surface area contributed by atoms with Crippen LogP contribution in [0.4, 0.5) is 0 Å². The zero-order valence-corrected chi connectivity index (χ0v) is 12.0. The molecule has 96 valence electrons. The predicted octanol–water partition coefficient (Wildman–Crippen LogP) is 4.77. The highest BCUT2D eigenvalue weighted by Crippen LogP contribution is 2.27. The van der Waals surface area contributed by atoms with E-state index in [1.807, 2.05) is 26.0 Å². The number of nitrogens with zero attached hydrogens (tertiary/aromatic N) is 1. The fourth-order valence-electron chi connectivity index (χ4n) is 2.06. The average Bonchev–Trinajstić information content (AvgIpc) is 2.42. The molecule has 0 amide bonds. The molecule has 2 rings (SSSR count). The van der Waals surface area contributed by atoms with Gasteiger partial charge in [0.25, 0.3) is 0 Å². The van der Waals surface area contributed by atoms with Crippen LogP contribution < -0.4 is 0 Å². The molecule has 0 radical (unpaired) electrons. The van der Waals surface area contributed by atoms with Crippen LogP contribution in [0.1, 0.15) is 30.5 Å². The van der Waals surface area contributed by atoms with Gasteiger partial charge in [0.2, 0.25) is 0 Å². The van der Waals surface area contributed by atoms with Gasteiger partial charge >= 0.3 is 0 Å². The number of hydrogen-bond acceptors (Lipinski definition) is 1. The summed E-state index contributed by atoms with van der Waals surface area (Å²) in [6, 6.07) is 17.1. The van der Waals surface area contributed by atoms with Crippen LogP contribution in [0.2, 0.25) is 0 Å². The van der Waals surface area contributed by atoms with Gasteiger partial charge in [-0.2, -0.15) is 5.26 Å². The first kappa shape index (κ1) is 13.4. The monoisotopic (exact) mass is 249 g/mol. The van der Waals surface area contributed by atoms with Crippen LogP contribution in [-0.2, 0) is 5.41 Å². The predicted molar refractivity (Wildman–Crippen MR) is 80.0 cm³/mol. The quantitative estimate of drug-likeness (QED) is 0.752. The lowest BCUT2D eigenvalue weighted by Crippen LogP contribution is -2.13. The van der Waals surface area contributed by atoms with E-state index in [0.717, 1.165) is 5.56 Å². The molecule has 0 saturated carbocycles. The van der Waals surface area contributed by atoms with E-state index in [-0.39, 0.29) is 0 Å². The molecule has 1 nitrogen and oxygen atoms in total. The van der Waals surface area contributed by atoms with Gasteiger partial charge in [0.05, 0.1) is 11.5 Å². The molecule has 2 aromatic rings. The molecule has 0 aliphatic carbocycles. The van der Waals surface area contributed by atoms with Gasteiger partial charge in [-0.25, -0.2) is 0 Å². The Bertz CT molecular complexity index is 628. The van der Waals surface area contributed by atoms with Gasteiger partial charge in [-0.3, -0.25) is 0 Å². The second-order valence-corrected chi connectivity index (χ2v) is 5.61. The molecule has 0 spiro atoms. The molecule has 0 atom stereocenters. The maximum atomic E-state index is 9.15. The summed E-state index contributed by atoms with van der Waals surface area (Å²) < 4.78 is 0. The lowest BCUT2D eigenvalue weighted by molar-refractivity contribution is 0.687. The molecule has 2 aromatic carbocycles. The summed E-state index contributed by atoms with van der Waals surface area (Å²) in [5, 5.41) is 9.15. The highest BCUT2D eigenvalue weighted by molar-refractivity contribution is 5.65. The molecule has 0 aromatic heterocycles. The normalized spacial score (nSPS) is 11.1. The van der Waals surface area contributed by atoms with Gasteiger partial charge in [-0.1, -0.05) is 42.5 Å². The fraction of sp³-hybridized carbons (Fsp3) is 0.278. The Morgan fingerprint density at radius 2 is 1.42 bits per heavy atom. The van der Waals surface area contributed by atoms with E-state index < -0.39 is 5.41 Å². The van der Waals surface area contributed by atoms with Crippen molar-refractivity contribution in [1.29, 1.82) is 5.26 Å². The van der Waals surface area contributed by atoms with Crippen LogP contribution in [-0.4, -0.2) is 0 Å². The molecule has 0 N–H and O–H groups in total. The Hall–Kier alpha value is -2.07. The topological polar surface area (TPSA) is 23.8 Å². The number of rotatable bonds is 2. The third kappa shape index (κ3) is 2.69. The van der Waals surface area contributed by atoms with Crippen molar-refractivity contribution in [1.82, 2.24) is 0 Å². The minimum atomic E-state index is -0.429. The lowest BCUT2D eigenvalue weighted by Gasteiger charge is -2.16. The molecule has 0 bridgehead atoms. The highest BCUT2D eigenvalue weighted by atomic mass is 14.3. The summed E-state index contributed by atoms with van der Waals surface area (Å²) in [4.78, 5) is 0. The van der Waals surface area contributed by atoms with Gasteiger partial charge < -0.3 is 0 Å². The molecule has 0 heterocycles. The van der Waals surface area contributed by atoms with E-state index in [0.29, 0.717) is 0 Å². The first-order valence-electron chi connectivity index (χ1n) is 6.53. The number of aryl methyl sites for hydroxylation is 2. The number of benzene rings is 2. The summed E-state index contributed by atoms with van der Waals surface area (Å²) in [6.45, 7) is 8.14. The highest BCUT2D eigenvalue weighted by Gasteiger charge is 2.19. The Morgan fingerprint density at radius 3 is 1.95 bits per heavy atom. The maximum absolute atomic E-state index is 9.15. The molecule has 1 heteroatoms. The Kier molecular flexibility index (Phi) is 3.44. The minimum Gasteiger partial charge on any atom is -0.197 e. The third-order valence-electron chi connectivity index (χ3n) is 3.73. The number of nitriles is 1. The average molecular weight is 249 g/mol. The molecule has 0 aliphatic rings. The van der Waals surface area contributed by atoms with E-state index in [1.54, 1.807) is 0 Å². The molecule has 0 unspecified atom stereocenters. The van der Waals surface area contributed by atoms with Crippen LogP contribution in [0.15, 0.2) is 42.5 Å². The van der Waals surface area contributed by atoms with Gasteiger partial charge in [0.15, 0.2) is 0 Å². The summed E-state index contributed by atoms with van der Waals surface area (Å²) in [5.74, 6) is 0. The van der Waals surface area contributed by atoms with Crippen LogP contribution in [0.3, 0.4) is 0 Å². The molecule has 0 aliphatic heterocycles. The molecule has 0 saturated heterocycles. The summed E-state index contributed by atoms with van der Waals surface area (Å²) >= 11 is 0. The molecular formula is C18H19N. The second kappa shape index (κ2) is 4.90. The minimum absolute atomic E-state index is 0.429. The van der Waals surface area contributed by atoms with Crippen LogP contribution in [0, 0.1) is 25.2 Å². The Morgan fingerprint density at radius 1 is 0.842 bits per heavy atom. The van der Waals surface area contributed by atoms with Gasteiger partial charge in [-0.05, 0) is 55.5 Å². The smallest absolute Gasteiger partial charge is 0.0766 e. The van der Waals surface area contributed by atoms with Crippen molar-refractivity contribution < 1.29 is 0 Å². The van der Waals surface area contributed by atoms with E-state index in [9.17, 15) is 0 Å². The second-order valence-electron chi connectivity index (χ2n) is 5.61. The van der Waals surface area contributed by atoms with Crippen LogP contribution in [0.25, 0.3) is 11.1 Å². The Labute approximate surface area is 115 Å². The van der Waals surface area contributed by atoms with Crippen LogP contribution in [0.5, 0.6) is 0 Å². The lowest BCUT2D eigenvalue weighted by atomic mass is 9.85. The first-order chi connectivity index (χ1) is 8.94. The summed E-state index contributed by atoms with van der Waals surface area (Å²) in [6.07, 6.45) is 0. The van der Waals surface area contributed by atoms with E-state index in [4.69, 9.17) is 5.26 Å². The first-order valence-corrected chi connectivity index (χ1v) is 6.53. The van der Waals surface area contributed by atoms with Gasteiger partial charge in [0, 0.05) is 0 Å². The van der Waals surface area contributed by atoms with Crippen molar-refractivity contribution in [3.8, 4) is 17.2 Å². The zero-order valence-electron chi connectivity index (χ0n) is 12.0. The summed E-state index contributed by atoms with van der Waals surface area (Å²) in [5.41, 5.74) is 5.67. The van der Waals surface area contributed by atoms with Gasteiger partial charge in [-0.15, -0.1) is 0 Å². The standard InChI is InChI=1S/C18H19N/c1-13-5-6-16(11-14(13)2)15-7-9-17(10-8-15)18(3,4)12-19/h5-11H,1-4H3. The molecular weight excluding hydrogens is 230 g/mol. The fourth-order valence-corrected chi connectivity index (χ4v) is 2.06. The zero-order chi connectivity index (χ0) is 14.0. The van der Waals surface area contributed by atoms with Crippen LogP contribution >= 0.6 is 0 Å². The van der Waals surface area contributed by atoms with Crippen molar-refractivity contribution in [2.75, 3.05) is 0 Å². The van der Waals surface area contributed by atoms with E-state index in [2.05, 4.69) is 50.2 Å². The molecule has 19 heavy (non-hydrogen) atoms. The van der Waals surface area contributed by atoms with E-state index in [1.165, 1.54) is 22.3 Å².